The molecule has 0 aromatic heterocycles. The van der Waals surface area contributed by atoms with Crippen LogP contribution in [-0.4, -0.2) is 23.0 Å². The van der Waals surface area contributed by atoms with Crippen molar-refractivity contribution in [1.82, 2.24) is 5.32 Å². The first-order valence-electron chi connectivity index (χ1n) is 6.47. The lowest BCUT2D eigenvalue weighted by atomic mass is 10.0. The SMILES string of the molecule is NC(=NO)C(NC(=O)C1CC2CC2C1)C1CC1. The number of nitrogens with zero attached hydrogens (tertiary/aromatic N) is 1. The van der Waals surface area contributed by atoms with Gasteiger partial charge in [0.2, 0.25) is 5.91 Å². The third-order valence-corrected chi connectivity index (χ3v) is 4.44. The number of carbonyl (C=O) groups is 1. The van der Waals surface area contributed by atoms with Crippen molar-refractivity contribution in [2.75, 3.05) is 0 Å². The Kier molecular flexibility index (Phi) is 2.49. The van der Waals surface area contributed by atoms with Gasteiger partial charge in [0.1, 0.15) is 0 Å². The summed E-state index contributed by atoms with van der Waals surface area (Å²) in [6, 6.07) is -0.260. The van der Waals surface area contributed by atoms with E-state index >= 15 is 0 Å². The predicted molar refractivity (Wildman–Crippen MR) is 62.4 cm³/mol. The summed E-state index contributed by atoms with van der Waals surface area (Å²) in [5.41, 5.74) is 5.63. The second-order valence-corrected chi connectivity index (χ2v) is 5.77. The van der Waals surface area contributed by atoms with Crippen molar-refractivity contribution < 1.29 is 10.0 Å². The van der Waals surface area contributed by atoms with Gasteiger partial charge < -0.3 is 16.3 Å². The molecule has 1 amide bonds. The minimum atomic E-state index is -0.260. The Balaban J connectivity index is 1.58. The van der Waals surface area contributed by atoms with Crippen molar-refractivity contribution >= 4 is 11.7 Å². The first kappa shape index (κ1) is 10.9. The van der Waals surface area contributed by atoms with Gasteiger partial charge in [0.05, 0.1) is 6.04 Å². The average Bonchev–Trinajstić information content (AvgIpc) is 3.25. The summed E-state index contributed by atoms with van der Waals surface area (Å²) in [6.07, 6.45) is 5.48. The molecular weight excluding hydrogens is 218 g/mol. The maximum Gasteiger partial charge on any atom is 0.223 e. The summed E-state index contributed by atoms with van der Waals surface area (Å²) in [6.45, 7) is 0. The largest absolute Gasteiger partial charge is 0.409 e. The van der Waals surface area contributed by atoms with E-state index in [4.69, 9.17) is 10.9 Å². The number of oxime groups is 1. The van der Waals surface area contributed by atoms with E-state index in [0.717, 1.165) is 37.5 Å². The smallest absolute Gasteiger partial charge is 0.223 e. The highest BCUT2D eigenvalue weighted by atomic mass is 16.4. The highest BCUT2D eigenvalue weighted by Gasteiger charge is 2.48. The summed E-state index contributed by atoms with van der Waals surface area (Å²) in [5, 5.41) is 14.7. The average molecular weight is 237 g/mol. The molecule has 3 saturated carbocycles. The fraction of sp³-hybridized carbons (Fsp3) is 0.833. The first-order valence-corrected chi connectivity index (χ1v) is 6.47. The lowest BCUT2D eigenvalue weighted by Gasteiger charge is -2.20. The van der Waals surface area contributed by atoms with Crippen LogP contribution in [0.3, 0.4) is 0 Å². The highest BCUT2D eigenvalue weighted by Crippen LogP contribution is 2.54. The molecule has 4 N–H and O–H groups in total. The molecule has 17 heavy (non-hydrogen) atoms. The maximum atomic E-state index is 12.1. The number of hydrogen-bond acceptors (Lipinski definition) is 3. The molecule has 3 aliphatic carbocycles. The van der Waals surface area contributed by atoms with Crippen LogP contribution in [0.2, 0.25) is 0 Å². The summed E-state index contributed by atoms with van der Waals surface area (Å²) >= 11 is 0. The van der Waals surface area contributed by atoms with Gasteiger partial charge in [-0.25, -0.2) is 0 Å². The normalized spacial score (nSPS) is 37.4. The van der Waals surface area contributed by atoms with Crippen LogP contribution in [0.4, 0.5) is 0 Å². The number of rotatable bonds is 4. The van der Waals surface area contributed by atoms with Crippen molar-refractivity contribution in [3.05, 3.63) is 0 Å². The third-order valence-electron chi connectivity index (χ3n) is 4.44. The third kappa shape index (κ3) is 2.10. The van der Waals surface area contributed by atoms with Crippen LogP contribution in [0.1, 0.15) is 32.1 Å². The minimum absolute atomic E-state index is 0.0979. The van der Waals surface area contributed by atoms with Gasteiger partial charge in [0, 0.05) is 5.92 Å². The van der Waals surface area contributed by atoms with E-state index in [1.165, 1.54) is 6.42 Å². The Labute approximate surface area is 100 Å². The zero-order valence-corrected chi connectivity index (χ0v) is 9.80. The molecule has 0 bridgehead atoms. The van der Waals surface area contributed by atoms with Crippen LogP contribution < -0.4 is 11.1 Å². The van der Waals surface area contributed by atoms with E-state index in [0.29, 0.717) is 5.92 Å². The van der Waals surface area contributed by atoms with Crippen LogP contribution in [0.15, 0.2) is 5.16 Å². The number of hydrogen-bond donors (Lipinski definition) is 3. The van der Waals surface area contributed by atoms with Crippen molar-refractivity contribution in [3.63, 3.8) is 0 Å². The van der Waals surface area contributed by atoms with E-state index in [-0.39, 0.29) is 23.7 Å². The molecule has 5 heteroatoms. The van der Waals surface area contributed by atoms with Crippen LogP contribution in [-0.2, 0) is 4.79 Å². The van der Waals surface area contributed by atoms with Crippen molar-refractivity contribution in [3.8, 4) is 0 Å². The molecule has 0 aromatic carbocycles. The van der Waals surface area contributed by atoms with Gasteiger partial charge in [0.15, 0.2) is 5.84 Å². The molecule has 3 rings (SSSR count). The van der Waals surface area contributed by atoms with E-state index < -0.39 is 0 Å². The molecule has 3 aliphatic rings. The van der Waals surface area contributed by atoms with E-state index in [1.54, 1.807) is 0 Å². The van der Waals surface area contributed by atoms with Gasteiger partial charge >= 0.3 is 0 Å². The summed E-state index contributed by atoms with van der Waals surface area (Å²) in [5.74, 6) is 2.37. The van der Waals surface area contributed by atoms with Gasteiger partial charge in [-0.3, -0.25) is 4.79 Å². The summed E-state index contributed by atoms with van der Waals surface area (Å²) in [4.78, 5) is 12.1. The monoisotopic (exact) mass is 237 g/mol. The van der Waals surface area contributed by atoms with Gasteiger partial charge in [-0.05, 0) is 49.9 Å². The van der Waals surface area contributed by atoms with Crippen LogP contribution in [0.25, 0.3) is 0 Å². The molecule has 3 unspecified atom stereocenters. The molecule has 3 fully saturated rings. The van der Waals surface area contributed by atoms with Crippen molar-refractivity contribution in [2.24, 2.45) is 34.6 Å². The number of carbonyl (C=O) groups excluding carboxylic acids is 1. The van der Waals surface area contributed by atoms with Crippen LogP contribution in [0.5, 0.6) is 0 Å². The summed E-state index contributed by atoms with van der Waals surface area (Å²) in [7, 11) is 0. The topological polar surface area (TPSA) is 87.7 Å². The van der Waals surface area contributed by atoms with Crippen molar-refractivity contribution in [2.45, 2.75) is 38.1 Å². The second-order valence-electron chi connectivity index (χ2n) is 5.77. The Morgan fingerprint density at radius 3 is 2.47 bits per heavy atom. The number of nitrogens with two attached hydrogens (primary N) is 1. The Hall–Kier alpha value is -1.26. The van der Waals surface area contributed by atoms with Gasteiger partial charge in [-0.1, -0.05) is 5.16 Å². The van der Waals surface area contributed by atoms with E-state index in [1.807, 2.05) is 0 Å². The van der Waals surface area contributed by atoms with E-state index in [9.17, 15) is 4.79 Å². The molecule has 0 saturated heterocycles. The predicted octanol–water partition coefficient (Wildman–Crippen LogP) is 0.674. The molecule has 0 aliphatic heterocycles. The molecule has 0 spiro atoms. The lowest BCUT2D eigenvalue weighted by Crippen LogP contribution is -2.48. The van der Waals surface area contributed by atoms with E-state index in [2.05, 4.69) is 10.5 Å². The zero-order valence-electron chi connectivity index (χ0n) is 9.80. The first-order chi connectivity index (χ1) is 8.19. The molecule has 0 heterocycles. The molecule has 94 valence electrons. The molecule has 0 aromatic rings. The fourth-order valence-corrected chi connectivity index (χ4v) is 3.13. The van der Waals surface area contributed by atoms with Gasteiger partial charge in [0.25, 0.3) is 0 Å². The molecule has 5 nitrogen and oxygen atoms in total. The number of fused-ring (bicyclic) bond motifs is 1. The van der Waals surface area contributed by atoms with Crippen LogP contribution in [0, 0.1) is 23.7 Å². The lowest BCUT2D eigenvalue weighted by molar-refractivity contribution is -0.125. The van der Waals surface area contributed by atoms with Crippen LogP contribution >= 0.6 is 0 Å². The highest BCUT2D eigenvalue weighted by molar-refractivity contribution is 5.91. The van der Waals surface area contributed by atoms with Crippen molar-refractivity contribution in [1.29, 1.82) is 0 Å². The molecule has 0 radical (unpaired) electrons. The second kappa shape index (κ2) is 3.89. The number of amidine groups is 1. The minimum Gasteiger partial charge on any atom is -0.409 e. The summed E-state index contributed by atoms with van der Waals surface area (Å²) < 4.78 is 0. The zero-order chi connectivity index (χ0) is 12.0. The molecular formula is C12H19N3O2. The standard InChI is InChI=1S/C12H19N3O2/c13-11(15-17)10(6-1-2-6)14-12(16)9-4-7-3-8(7)5-9/h6-10,17H,1-5H2,(H2,13,15)(H,14,16). The Bertz CT molecular complexity index is 355. The van der Waals surface area contributed by atoms with Gasteiger partial charge in [-0.15, -0.1) is 0 Å². The number of nitrogens with one attached hydrogen (secondary N) is 1. The van der Waals surface area contributed by atoms with Gasteiger partial charge in [-0.2, -0.15) is 0 Å². The quantitative estimate of drug-likeness (QED) is 0.291. The number of amides is 1. The maximum absolute atomic E-state index is 12.1. The fourth-order valence-electron chi connectivity index (χ4n) is 3.13. The molecule has 3 atom stereocenters. The Morgan fingerprint density at radius 1 is 1.29 bits per heavy atom. The Morgan fingerprint density at radius 2 is 1.94 bits per heavy atom.